The summed E-state index contributed by atoms with van der Waals surface area (Å²) in [6.45, 7) is 2.00. The fourth-order valence-corrected chi connectivity index (χ4v) is 3.35. The van der Waals surface area contributed by atoms with Crippen molar-refractivity contribution in [2.24, 2.45) is 0 Å². The van der Waals surface area contributed by atoms with Crippen LogP contribution in [0.3, 0.4) is 0 Å². The Hall–Kier alpha value is -2.77. The quantitative estimate of drug-likeness (QED) is 0.582. The number of hydrogen-bond acceptors (Lipinski definition) is 7. The maximum absolute atomic E-state index is 11.7. The minimum Gasteiger partial charge on any atom is -0.491 e. The van der Waals surface area contributed by atoms with Crippen molar-refractivity contribution in [3.63, 3.8) is 0 Å². The van der Waals surface area contributed by atoms with Crippen molar-refractivity contribution in [3.05, 3.63) is 54.6 Å². The van der Waals surface area contributed by atoms with Crippen LogP contribution in [-0.4, -0.2) is 37.2 Å². The minimum absolute atomic E-state index is 0.00720. The van der Waals surface area contributed by atoms with E-state index < -0.39 is 12.3 Å². The lowest BCUT2D eigenvalue weighted by Crippen LogP contribution is -2.25. The van der Waals surface area contributed by atoms with Crippen LogP contribution >= 0.6 is 11.3 Å². The fourth-order valence-electron chi connectivity index (χ4n) is 2.36. The van der Waals surface area contributed by atoms with Gasteiger partial charge in [0.2, 0.25) is 5.06 Å². The van der Waals surface area contributed by atoms with Gasteiger partial charge in [-0.3, -0.25) is 0 Å². The normalized spacial score (nSPS) is 11.8. The van der Waals surface area contributed by atoms with Gasteiger partial charge < -0.3 is 24.1 Å². The van der Waals surface area contributed by atoms with E-state index in [4.69, 9.17) is 18.9 Å². The summed E-state index contributed by atoms with van der Waals surface area (Å²) >= 11 is 1.28. The van der Waals surface area contributed by atoms with Gasteiger partial charge in [0.25, 0.3) is 0 Å². The lowest BCUT2D eigenvalue weighted by molar-refractivity contribution is 0.0616. The highest BCUT2D eigenvalue weighted by Gasteiger charge is 2.19. The van der Waals surface area contributed by atoms with E-state index in [1.54, 1.807) is 6.92 Å². The van der Waals surface area contributed by atoms with Crippen LogP contribution in [0.15, 0.2) is 54.6 Å². The van der Waals surface area contributed by atoms with E-state index in [-0.39, 0.29) is 19.8 Å². The topological polar surface area (TPSA) is 74.2 Å². The Kier molecular flexibility index (Phi) is 6.51. The van der Waals surface area contributed by atoms with Crippen molar-refractivity contribution in [3.8, 4) is 16.6 Å². The molecular weight excluding hydrogens is 368 g/mol. The van der Waals surface area contributed by atoms with Crippen molar-refractivity contribution in [2.45, 2.75) is 13.0 Å². The van der Waals surface area contributed by atoms with Gasteiger partial charge in [0, 0.05) is 10.1 Å². The second-order valence-corrected chi connectivity index (χ2v) is 6.60. The molecule has 0 bridgehead atoms. The van der Waals surface area contributed by atoms with Crippen molar-refractivity contribution in [2.75, 3.05) is 19.8 Å². The number of ether oxygens (including phenoxy) is 4. The highest BCUT2D eigenvalue weighted by atomic mass is 32.1. The van der Waals surface area contributed by atoms with Crippen molar-refractivity contribution >= 4 is 27.6 Å². The lowest BCUT2D eigenvalue weighted by atomic mass is 10.2. The predicted molar refractivity (Wildman–Crippen MR) is 103 cm³/mol. The standard InChI is InChI=1S/C20H20O6S/c1-2-23-20(22)26-19-18(16-10-6-7-11-17(16)27-19)25-13-14(21)12-24-15-8-4-3-5-9-15/h3-11,14,21H,2,12-13H2,1H3. The maximum atomic E-state index is 11.7. The third-order valence-electron chi connectivity index (χ3n) is 3.56. The number of aliphatic hydroxyl groups is 1. The summed E-state index contributed by atoms with van der Waals surface area (Å²) in [5.41, 5.74) is 0. The summed E-state index contributed by atoms with van der Waals surface area (Å²) in [6, 6.07) is 16.7. The monoisotopic (exact) mass is 388 g/mol. The van der Waals surface area contributed by atoms with Gasteiger partial charge in [-0.1, -0.05) is 41.7 Å². The molecule has 7 heteroatoms. The number of para-hydroxylation sites is 1. The summed E-state index contributed by atoms with van der Waals surface area (Å²) in [5.74, 6) is 1.08. The van der Waals surface area contributed by atoms with Crippen LogP contribution in [0.25, 0.3) is 10.1 Å². The third kappa shape index (κ3) is 5.12. The highest BCUT2D eigenvalue weighted by molar-refractivity contribution is 7.21. The summed E-state index contributed by atoms with van der Waals surface area (Å²) in [5, 5.41) is 11.3. The zero-order chi connectivity index (χ0) is 19.1. The molecule has 6 nitrogen and oxygen atoms in total. The molecule has 3 rings (SSSR count). The van der Waals surface area contributed by atoms with Crippen LogP contribution in [0.1, 0.15) is 6.92 Å². The van der Waals surface area contributed by atoms with Crippen LogP contribution in [0.4, 0.5) is 4.79 Å². The van der Waals surface area contributed by atoms with E-state index in [0.717, 1.165) is 10.1 Å². The average molecular weight is 388 g/mol. The number of fused-ring (bicyclic) bond motifs is 1. The zero-order valence-electron chi connectivity index (χ0n) is 14.8. The summed E-state index contributed by atoms with van der Waals surface area (Å²) in [6.07, 6.45) is -1.64. The third-order valence-corrected chi connectivity index (χ3v) is 4.59. The van der Waals surface area contributed by atoms with Gasteiger partial charge in [-0.2, -0.15) is 0 Å². The number of rotatable bonds is 8. The number of carbonyl (C=O) groups is 1. The Labute approximate surface area is 160 Å². The van der Waals surface area contributed by atoms with E-state index in [1.807, 2.05) is 54.6 Å². The molecule has 0 saturated heterocycles. The molecule has 0 spiro atoms. The first-order chi connectivity index (χ1) is 13.2. The van der Waals surface area contributed by atoms with Crippen molar-refractivity contribution < 1.29 is 28.8 Å². The molecule has 142 valence electrons. The molecule has 27 heavy (non-hydrogen) atoms. The predicted octanol–water partition coefficient (Wildman–Crippen LogP) is 4.26. The number of hydrogen-bond donors (Lipinski definition) is 1. The van der Waals surface area contributed by atoms with Crippen LogP contribution in [0.5, 0.6) is 16.6 Å². The molecular formula is C20H20O6S. The minimum atomic E-state index is -0.848. The Morgan fingerprint density at radius 3 is 2.52 bits per heavy atom. The van der Waals surface area contributed by atoms with E-state index in [0.29, 0.717) is 16.6 Å². The van der Waals surface area contributed by atoms with Gasteiger partial charge in [-0.25, -0.2) is 4.79 Å². The Morgan fingerprint density at radius 1 is 1.04 bits per heavy atom. The second-order valence-electron chi connectivity index (χ2n) is 5.59. The molecule has 0 radical (unpaired) electrons. The zero-order valence-corrected chi connectivity index (χ0v) is 15.6. The molecule has 0 aliphatic carbocycles. The molecule has 0 saturated carbocycles. The van der Waals surface area contributed by atoms with Gasteiger partial charge in [0.1, 0.15) is 25.1 Å². The Morgan fingerprint density at radius 2 is 1.74 bits per heavy atom. The van der Waals surface area contributed by atoms with Gasteiger partial charge in [-0.05, 0) is 31.2 Å². The summed E-state index contributed by atoms with van der Waals surface area (Å²) < 4.78 is 22.3. The van der Waals surface area contributed by atoms with E-state index >= 15 is 0 Å². The van der Waals surface area contributed by atoms with E-state index in [9.17, 15) is 9.90 Å². The number of benzene rings is 2. The van der Waals surface area contributed by atoms with Crippen molar-refractivity contribution in [1.29, 1.82) is 0 Å². The second kappa shape index (κ2) is 9.25. The van der Waals surface area contributed by atoms with Gasteiger partial charge in [0.05, 0.1) is 6.61 Å². The van der Waals surface area contributed by atoms with Crippen LogP contribution in [0, 0.1) is 0 Å². The molecule has 0 aliphatic heterocycles. The molecule has 2 aromatic carbocycles. The number of thiophene rings is 1. The first kappa shape index (κ1) is 19.0. The summed E-state index contributed by atoms with van der Waals surface area (Å²) in [7, 11) is 0. The van der Waals surface area contributed by atoms with Gasteiger partial charge in [0.15, 0.2) is 5.75 Å². The van der Waals surface area contributed by atoms with Gasteiger partial charge >= 0.3 is 6.16 Å². The number of aliphatic hydroxyl groups excluding tert-OH is 1. The molecule has 1 aromatic heterocycles. The van der Waals surface area contributed by atoms with E-state index in [1.165, 1.54) is 11.3 Å². The molecule has 1 heterocycles. The molecule has 3 aromatic rings. The van der Waals surface area contributed by atoms with Crippen molar-refractivity contribution in [1.82, 2.24) is 0 Å². The van der Waals surface area contributed by atoms with Crippen LogP contribution in [-0.2, 0) is 4.74 Å². The van der Waals surface area contributed by atoms with Crippen LogP contribution < -0.4 is 14.2 Å². The first-order valence-corrected chi connectivity index (χ1v) is 9.34. The first-order valence-electron chi connectivity index (χ1n) is 8.52. The molecule has 1 N–H and O–H groups in total. The fraction of sp³-hybridized carbons (Fsp3) is 0.250. The SMILES string of the molecule is CCOC(=O)Oc1sc2ccccc2c1OCC(O)COc1ccccc1. The maximum Gasteiger partial charge on any atom is 0.514 e. The van der Waals surface area contributed by atoms with Crippen LogP contribution in [0.2, 0.25) is 0 Å². The molecule has 0 amide bonds. The highest BCUT2D eigenvalue weighted by Crippen LogP contribution is 2.44. The lowest BCUT2D eigenvalue weighted by Gasteiger charge is -2.14. The molecule has 1 atom stereocenters. The van der Waals surface area contributed by atoms with E-state index in [2.05, 4.69) is 0 Å². The Balaban J connectivity index is 1.66. The summed E-state index contributed by atoms with van der Waals surface area (Å²) in [4.78, 5) is 11.7. The molecule has 0 aliphatic rings. The Bertz CT molecular complexity index is 877. The average Bonchev–Trinajstić information content (AvgIpc) is 3.02. The van der Waals surface area contributed by atoms with Gasteiger partial charge in [-0.15, -0.1) is 0 Å². The molecule has 1 unspecified atom stereocenters. The number of carbonyl (C=O) groups excluding carboxylic acids is 1. The largest absolute Gasteiger partial charge is 0.514 e. The molecule has 0 fully saturated rings. The smallest absolute Gasteiger partial charge is 0.491 e.